The molecular weight excluding hydrogens is 197 g/mol. The number of rotatable bonds is 4. The number of alkyl carbamates (subject to hydrolysis) is 1. The molecule has 0 spiro atoms. The first-order valence-corrected chi connectivity index (χ1v) is 4.49. The first-order chi connectivity index (χ1) is 7.18. The van der Waals surface area contributed by atoms with Crippen molar-refractivity contribution >= 4 is 13.2 Å². The minimum Gasteiger partial charge on any atom is -0.445 e. The van der Waals surface area contributed by atoms with Crippen LogP contribution in [0.2, 0.25) is 0 Å². The van der Waals surface area contributed by atoms with Crippen LogP contribution in [0, 0.1) is 0 Å². The van der Waals surface area contributed by atoms with Gasteiger partial charge in [0.25, 0.3) is 0 Å². The summed E-state index contributed by atoms with van der Waals surface area (Å²) in [5.74, 6) is 0. The van der Waals surface area contributed by atoms with E-state index in [0.717, 1.165) is 5.56 Å². The van der Waals surface area contributed by atoms with Crippen molar-refractivity contribution in [2.75, 3.05) is 6.44 Å². The van der Waals surface area contributed by atoms with Crippen LogP contribution in [0.4, 0.5) is 4.79 Å². The molecule has 0 fully saturated rings. The summed E-state index contributed by atoms with van der Waals surface area (Å²) in [5, 5.41) is 19.1. The van der Waals surface area contributed by atoms with Crippen molar-refractivity contribution in [1.29, 1.82) is 0 Å². The van der Waals surface area contributed by atoms with Crippen LogP contribution in [-0.4, -0.2) is 29.7 Å². The molecule has 0 saturated carbocycles. The number of carbonyl (C=O) groups is 1. The van der Waals surface area contributed by atoms with E-state index in [-0.39, 0.29) is 13.1 Å². The number of nitrogens with one attached hydrogen (secondary N) is 1. The second-order valence-corrected chi connectivity index (χ2v) is 2.92. The van der Waals surface area contributed by atoms with Crippen LogP contribution in [0.1, 0.15) is 5.56 Å². The Morgan fingerprint density at radius 1 is 1.33 bits per heavy atom. The van der Waals surface area contributed by atoms with E-state index in [9.17, 15) is 4.79 Å². The molecule has 0 atom stereocenters. The van der Waals surface area contributed by atoms with Gasteiger partial charge < -0.3 is 20.1 Å². The summed E-state index contributed by atoms with van der Waals surface area (Å²) in [4.78, 5) is 11.0. The number of hydrogen-bond donors (Lipinski definition) is 3. The lowest BCUT2D eigenvalue weighted by Gasteiger charge is -2.06. The average Bonchev–Trinajstić information content (AvgIpc) is 2.25. The van der Waals surface area contributed by atoms with E-state index >= 15 is 0 Å². The standard InChI is InChI=1S/C9H12BNO4/c12-9(11-7-10(13)14)15-6-8-4-2-1-3-5-8/h1-5,13-14H,6-7H2,(H,11,12). The third-order valence-corrected chi connectivity index (χ3v) is 1.64. The summed E-state index contributed by atoms with van der Waals surface area (Å²) >= 11 is 0. The minimum absolute atomic E-state index is 0.161. The third-order valence-electron chi connectivity index (χ3n) is 1.64. The fourth-order valence-corrected chi connectivity index (χ4v) is 0.949. The highest BCUT2D eigenvalue weighted by atomic mass is 16.5. The zero-order valence-electron chi connectivity index (χ0n) is 8.09. The van der Waals surface area contributed by atoms with Crippen LogP contribution in [0.25, 0.3) is 0 Å². The van der Waals surface area contributed by atoms with E-state index in [0.29, 0.717) is 0 Å². The van der Waals surface area contributed by atoms with Crippen molar-refractivity contribution in [1.82, 2.24) is 5.32 Å². The molecule has 0 bridgehead atoms. The van der Waals surface area contributed by atoms with Gasteiger partial charge in [-0.25, -0.2) is 4.79 Å². The molecule has 0 aliphatic rings. The van der Waals surface area contributed by atoms with Gasteiger partial charge in [0, 0.05) is 0 Å². The Bertz CT molecular complexity index is 304. The van der Waals surface area contributed by atoms with Crippen molar-refractivity contribution in [3.8, 4) is 0 Å². The number of hydrogen-bond acceptors (Lipinski definition) is 4. The van der Waals surface area contributed by atoms with Crippen LogP contribution in [0.3, 0.4) is 0 Å². The monoisotopic (exact) mass is 209 g/mol. The molecular formula is C9H12BNO4. The van der Waals surface area contributed by atoms with Gasteiger partial charge in [0.15, 0.2) is 0 Å². The fraction of sp³-hybridized carbons (Fsp3) is 0.222. The largest absolute Gasteiger partial charge is 0.472 e. The van der Waals surface area contributed by atoms with E-state index in [4.69, 9.17) is 14.8 Å². The van der Waals surface area contributed by atoms with Crippen molar-refractivity contribution < 1.29 is 19.6 Å². The summed E-state index contributed by atoms with van der Waals surface area (Å²) in [6, 6.07) is 9.20. The maximum atomic E-state index is 11.0. The summed E-state index contributed by atoms with van der Waals surface area (Å²) in [7, 11) is -1.56. The first kappa shape index (κ1) is 11.5. The minimum atomic E-state index is -1.56. The molecule has 0 aliphatic carbocycles. The fourth-order valence-electron chi connectivity index (χ4n) is 0.949. The normalized spacial score (nSPS) is 9.47. The highest BCUT2D eigenvalue weighted by molar-refractivity contribution is 6.41. The second-order valence-electron chi connectivity index (χ2n) is 2.92. The predicted molar refractivity (Wildman–Crippen MR) is 54.8 cm³/mol. The highest BCUT2D eigenvalue weighted by Gasteiger charge is 2.09. The molecule has 0 unspecified atom stereocenters. The summed E-state index contributed by atoms with van der Waals surface area (Å²) in [5.41, 5.74) is 0.872. The Morgan fingerprint density at radius 2 is 2.00 bits per heavy atom. The zero-order valence-corrected chi connectivity index (χ0v) is 8.09. The molecule has 5 nitrogen and oxygen atoms in total. The van der Waals surface area contributed by atoms with Gasteiger partial charge in [-0.15, -0.1) is 0 Å². The van der Waals surface area contributed by atoms with Crippen molar-refractivity contribution in [3.63, 3.8) is 0 Å². The number of ether oxygens (including phenoxy) is 1. The molecule has 1 aromatic rings. The Kier molecular flexibility index (Phi) is 4.66. The molecule has 3 N–H and O–H groups in total. The molecule has 15 heavy (non-hydrogen) atoms. The smallest absolute Gasteiger partial charge is 0.445 e. The van der Waals surface area contributed by atoms with Gasteiger partial charge in [-0.1, -0.05) is 30.3 Å². The van der Waals surface area contributed by atoms with Gasteiger partial charge in [0.05, 0.1) is 6.44 Å². The maximum Gasteiger partial charge on any atom is 0.472 e. The van der Waals surface area contributed by atoms with Crippen LogP contribution < -0.4 is 5.32 Å². The van der Waals surface area contributed by atoms with Gasteiger partial charge in [-0.05, 0) is 5.56 Å². The van der Waals surface area contributed by atoms with Gasteiger partial charge >= 0.3 is 13.2 Å². The van der Waals surface area contributed by atoms with E-state index in [1.54, 1.807) is 0 Å². The second kappa shape index (κ2) is 6.05. The Morgan fingerprint density at radius 3 is 2.60 bits per heavy atom. The lowest BCUT2D eigenvalue weighted by atomic mass is 9.93. The van der Waals surface area contributed by atoms with Crippen LogP contribution in [0.5, 0.6) is 0 Å². The lowest BCUT2D eigenvalue weighted by Crippen LogP contribution is -2.35. The number of carbonyl (C=O) groups excluding carboxylic acids is 1. The van der Waals surface area contributed by atoms with E-state index in [1.165, 1.54) is 0 Å². The van der Waals surface area contributed by atoms with Crippen molar-refractivity contribution in [2.45, 2.75) is 6.61 Å². The number of benzene rings is 1. The van der Waals surface area contributed by atoms with E-state index in [2.05, 4.69) is 5.32 Å². The van der Waals surface area contributed by atoms with Crippen molar-refractivity contribution in [3.05, 3.63) is 35.9 Å². The molecule has 0 heterocycles. The summed E-state index contributed by atoms with van der Waals surface area (Å²) in [6.45, 7) is 0.161. The Labute approximate surface area is 87.8 Å². The third kappa shape index (κ3) is 5.04. The zero-order chi connectivity index (χ0) is 11.1. The molecule has 1 aromatic carbocycles. The van der Waals surface area contributed by atoms with Gasteiger partial charge in [-0.2, -0.15) is 0 Å². The van der Waals surface area contributed by atoms with Crippen molar-refractivity contribution in [2.24, 2.45) is 0 Å². The van der Waals surface area contributed by atoms with Crippen LogP contribution >= 0.6 is 0 Å². The summed E-state index contributed by atoms with van der Waals surface area (Å²) < 4.78 is 4.81. The van der Waals surface area contributed by atoms with Crippen LogP contribution in [0.15, 0.2) is 30.3 Å². The molecule has 1 rings (SSSR count). The molecule has 0 radical (unpaired) electrons. The van der Waals surface area contributed by atoms with Gasteiger partial charge in [-0.3, -0.25) is 0 Å². The molecule has 1 amide bonds. The first-order valence-electron chi connectivity index (χ1n) is 4.49. The van der Waals surface area contributed by atoms with Crippen LogP contribution in [-0.2, 0) is 11.3 Å². The number of amides is 1. The quantitative estimate of drug-likeness (QED) is 0.606. The Balaban J connectivity index is 2.23. The van der Waals surface area contributed by atoms with E-state index in [1.807, 2.05) is 30.3 Å². The molecule has 0 aliphatic heterocycles. The maximum absolute atomic E-state index is 11.0. The molecule has 80 valence electrons. The summed E-state index contributed by atoms with van der Waals surface area (Å²) in [6.07, 6.45) is -0.917. The Hall–Kier alpha value is -1.53. The van der Waals surface area contributed by atoms with Gasteiger partial charge in [0.1, 0.15) is 6.61 Å². The SMILES string of the molecule is O=C(NCB(O)O)OCc1ccccc1. The molecule has 0 aromatic heterocycles. The highest BCUT2D eigenvalue weighted by Crippen LogP contribution is 2.00. The predicted octanol–water partition coefficient (Wildman–Crippen LogP) is -0.0752. The van der Waals surface area contributed by atoms with E-state index < -0.39 is 13.2 Å². The lowest BCUT2D eigenvalue weighted by molar-refractivity contribution is 0.140. The van der Waals surface area contributed by atoms with Gasteiger partial charge in [0.2, 0.25) is 0 Å². The topological polar surface area (TPSA) is 78.8 Å². The average molecular weight is 209 g/mol. The molecule has 6 heteroatoms. The molecule has 0 saturated heterocycles.